The Morgan fingerprint density at radius 2 is 1.76 bits per heavy atom. The molecule has 1 aliphatic rings. The third-order valence-corrected chi connectivity index (χ3v) is 4.65. The first kappa shape index (κ1) is 20.5. The van der Waals surface area contributed by atoms with E-state index >= 15 is 0 Å². The highest BCUT2D eigenvalue weighted by atomic mass is 16.5. The number of amides is 2. The van der Waals surface area contributed by atoms with Crippen LogP contribution in [-0.4, -0.2) is 25.2 Å². The van der Waals surface area contributed by atoms with Crippen LogP contribution in [-0.2, 0) is 16.0 Å². The maximum absolute atomic E-state index is 12.9. The van der Waals surface area contributed by atoms with Crippen LogP contribution in [0.15, 0.2) is 65.9 Å². The molecule has 0 aliphatic carbocycles. The van der Waals surface area contributed by atoms with Gasteiger partial charge in [0.1, 0.15) is 5.75 Å². The molecule has 3 rings (SSSR count). The second kappa shape index (κ2) is 9.78. The molecular formula is C23H26N2O4. The third kappa shape index (κ3) is 5.16. The van der Waals surface area contributed by atoms with Gasteiger partial charge in [0.25, 0.3) is 0 Å². The van der Waals surface area contributed by atoms with Crippen LogP contribution >= 0.6 is 0 Å². The molecular weight excluding hydrogens is 368 g/mol. The summed E-state index contributed by atoms with van der Waals surface area (Å²) in [6.07, 6.45) is 1.48. The Morgan fingerprint density at radius 1 is 1.03 bits per heavy atom. The van der Waals surface area contributed by atoms with Gasteiger partial charge in [-0.3, -0.25) is 0 Å². The molecule has 6 nitrogen and oxygen atoms in total. The van der Waals surface area contributed by atoms with Crippen LogP contribution in [0.4, 0.5) is 4.79 Å². The van der Waals surface area contributed by atoms with E-state index in [1.165, 1.54) is 0 Å². The lowest BCUT2D eigenvalue weighted by Crippen LogP contribution is -2.45. The van der Waals surface area contributed by atoms with Crippen molar-refractivity contribution in [3.63, 3.8) is 0 Å². The van der Waals surface area contributed by atoms with Crippen molar-refractivity contribution in [2.24, 2.45) is 0 Å². The van der Waals surface area contributed by atoms with Gasteiger partial charge in [-0.05, 0) is 25.0 Å². The summed E-state index contributed by atoms with van der Waals surface area (Å²) >= 11 is 0. The molecule has 0 radical (unpaired) electrons. The molecule has 2 N–H and O–H groups in total. The Morgan fingerprint density at radius 3 is 2.52 bits per heavy atom. The van der Waals surface area contributed by atoms with Crippen LogP contribution in [0.5, 0.6) is 5.75 Å². The van der Waals surface area contributed by atoms with E-state index in [1.807, 2.05) is 61.5 Å². The summed E-state index contributed by atoms with van der Waals surface area (Å²) < 4.78 is 11.4. The van der Waals surface area contributed by atoms with E-state index in [2.05, 4.69) is 10.6 Å². The molecule has 0 aromatic heterocycles. The maximum Gasteiger partial charge on any atom is 0.338 e. The molecule has 6 heteroatoms. The van der Waals surface area contributed by atoms with Crippen molar-refractivity contribution in [1.82, 2.24) is 10.6 Å². The number of para-hydroxylation sites is 1. The molecule has 0 saturated heterocycles. The average Bonchev–Trinajstić information content (AvgIpc) is 2.72. The van der Waals surface area contributed by atoms with Crippen molar-refractivity contribution in [1.29, 1.82) is 0 Å². The Kier molecular flexibility index (Phi) is 6.89. The number of rotatable bonds is 8. The lowest BCUT2D eigenvalue weighted by molar-refractivity contribution is -0.139. The number of hydrogen-bond acceptors (Lipinski definition) is 4. The van der Waals surface area contributed by atoms with E-state index in [9.17, 15) is 9.59 Å². The first-order valence-electron chi connectivity index (χ1n) is 9.81. The highest BCUT2D eigenvalue weighted by Crippen LogP contribution is 2.33. The zero-order valence-corrected chi connectivity index (χ0v) is 16.7. The van der Waals surface area contributed by atoms with Crippen LogP contribution in [0.2, 0.25) is 0 Å². The second-order valence-corrected chi connectivity index (χ2v) is 6.83. The zero-order valence-electron chi connectivity index (χ0n) is 16.7. The summed E-state index contributed by atoms with van der Waals surface area (Å²) in [4.78, 5) is 25.0. The summed E-state index contributed by atoms with van der Waals surface area (Å²) in [5, 5.41) is 5.50. The molecule has 1 atom stereocenters. The SMILES string of the molecule is CCCOc1ccccc1C1NC(=O)NC(C)=C1C(=O)OCCc1ccccc1. The topological polar surface area (TPSA) is 76.7 Å². The van der Waals surface area contributed by atoms with Gasteiger partial charge in [0.2, 0.25) is 0 Å². The minimum atomic E-state index is -0.638. The second-order valence-electron chi connectivity index (χ2n) is 6.83. The van der Waals surface area contributed by atoms with E-state index in [0.717, 1.165) is 17.5 Å². The third-order valence-electron chi connectivity index (χ3n) is 4.65. The fraction of sp³-hybridized carbons (Fsp3) is 0.304. The predicted octanol–water partition coefficient (Wildman–Crippen LogP) is 3.89. The number of nitrogens with one attached hydrogen (secondary N) is 2. The Labute approximate surface area is 170 Å². The number of benzene rings is 2. The van der Waals surface area contributed by atoms with Gasteiger partial charge >= 0.3 is 12.0 Å². The average molecular weight is 394 g/mol. The number of urea groups is 1. The van der Waals surface area contributed by atoms with E-state index in [0.29, 0.717) is 30.0 Å². The maximum atomic E-state index is 12.9. The summed E-state index contributed by atoms with van der Waals surface area (Å²) in [6.45, 7) is 4.54. The highest BCUT2D eigenvalue weighted by Gasteiger charge is 2.33. The molecule has 0 bridgehead atoms. The number of ether oxygens (including phenoxy) is 2. The van der Waals surface area contributed by atoms with Crippen molar-refractivity contribution < 1.29 is 19.1 Å². The van der Waals surface area contributed by atoms with Crippen LogP contribution in [0.25, 0.3) is 0 Å². The van der Waals surface area contributed by atoms with Gasteiger partial charge in [0, 0.05) is 17.7 Å². The molecule has 2 aromatic carbocycles. The summed E-state index contributed by atoms with van der Waals surface area (Å²) in [5.41, 5.74) is 2.68. The molecule has 1 heterocycles. The number of esters is 1. The molecule has 2 aromatic rings. The van der Waals surface area contributed by atoms with Gasteiger partial charge < -0.3 is 20.1 Å². The minimum absolute atomic E-state index is 0.258. The Bertz CT molecular complexity index is 893. The molecule has 152 valence electrons. The van der Waals surface area contributed by atoms with Crippen molar-refractivity contribution in [3.05, 3.63) is 77.0 Å². The summed E-state index contributed by atoms with van der Waals surface area (Å²) in [7, 11) is 0. The highest BCUT2D eigenvalue weighted by molar-refractivity contribution is 5.95. The largest absolute Gasteiger partial charge is 0.493 e. The first-order valence-corrected chi connectivity index (χ1v) is 9.81. The molecule has 1 unspecified atom stereocenters. The quantitative estimate of drug-likeness (QED) is 0.666. The normalized spacial score (nSPS) is 16.1. The van der Waals surface area contributed by atoms with E-state index in [1.54, 1.807) is 6.92 Å². The predicted molar refractivity (Wildman–Crippen MR) is 110 cm³/mol. The van der Waals surface area contributed by atoms with Gasteiger partial charge in [-0.25, -0.2) is 9.59 Å². The number of carbonyl (C=O) groups excluding carboxylic acids is 2. The lowest BCUT2D eigenvalue weighted by Gasteiger charge is -2.29. The number of allylic oxidation sites excluding steroid dienone is 1. The fourth-order valence-electron chi connectivity index (χ4n) is 3.24. The molecule has 0 spiro atoms. The smallest absolute Gasteiger partial charge is 0.338 e. The monoisotopic (exact) mass is 394 g/mol. The van der Waals surface area contributed by atoms with Crippen molar-refractivity contribution in [2.75, 3.05) is 13.2 Å². The molecule has 0 fully saturated rings. The van der Waals surface area contributed by atoms with Crippen LogP contribution < -0.4 is 15.4 Å². The van der Waals surface area contributed by atoms with E-state index in [-0.39, 0.29) is 12.6 Å². The first-order chi connectivity index (χ1) is 14.1. The van der Waals surface area contributed by atoms with Gasteiger partial charge in [0.05, 0.1) is 24.8 Å². The van der Waals surface area contributed by atoms with Crippen molar-refractivity contribution >= 4 is 12.0 Å². The lowest BCUT2D eigenvalue weighted by atomic mass is 9.95. The fourth-order valence-corrected chi connectivity index (χ4v) is 3.24. The molecule has 2 amide bonds. The van der Waals surface area contributed by atoms with E-state index < -0.39 is 12.0 Å². The van der Waals surface area contributed by atoms with Gasteiger partial charge in [-0.2, -0.15) is 0 Å². The molecule has 29 heavy (non-hydrogen) atoms. The number of carbonyl (C=O) groups is 2. The Hall–Kier alpha value is -3.28. The summed E-state index contributed by atoms with van der Waals surface area (Å²) in [6, 6.07) is 16.2. The van der Waals surface area contributed by atoms with Crippen molar-refractivity contribution in [2.45, 2.75) is 32.7 Å². The van der Waals surface area contributed by atoms with Gasteiger partial charge in [0.15, 0.2) is 0 Å². The molecule has 0 saturated carbocycles. The molecule has 1 aliphatic heterocycles. The minimum Gasteiger partial charge on any atom is -0.493 e. The van der Waals surface area contributed by atoms with Crippen molar-refractivity contribution in [3.8, 4) is 5.75 Å². The standard InChI is InChI=1S/C23H26N2O4/c1-3-14-28-19-12-8-7-11-18(19)21-20(16(2)24-23(27)25-21)22(26)29-15-13-17-9-5-4-6-10-17/h4-12,21H,3,13-15H2,1-2H3,(H2,24,25,27). The van der Waals surface area contributed by atoms with E-state index in [4.69, 9.17) is 9.47 Å². The van der Waals surface area contributed by atoms with Crippen LogP contribution in [0.3, 0.4) is 0 Å². The number of hydrogen-bond donors (Lipinski definition) is 2. The van der Waals surface area contributed by atoms with Gasteiger partial charge in [-0.15, -0.1) is 0 Å². The summed E-state index contributed by atoms with van der Waals surface area (Å²) in [5.74, 6) is 0.185. The van der Waals surface area contributed by atoms with Crippen LogP contribution in [0.1, 0.15) is 37.4 Å². The van der Waals surface area contributed by atoms with Crippen LogP contribution in [0, 0.1) is 0 Å². The zero-order chi connectivity index (χ0) is 20.6. The van der Waals surface area contributed by atoms with Gasteiger partial charge in [-0.1, -0.05) is 55.5 Å². The Balaban J connectivity index is 1.80.